The van der Waals surface area contributed by atoms with Crippen molar-refractivity contribution < 1.29 is 13.9 Å². The number of nitrogens with zero attached hydrogens (tertiary/aromatic N) is 1. The van der Waals surface area contributed by atoms with Crippen molar-refractivity contribution in [3.8, 4) is 0 Å². The maximum atomic E-state index is 12.2. The zero-order valence-electron chi connectivity index (χ0n) is 12.9. The molecule has 3 atom stereocenters. The predicted octanol–water partition coefficient (Wildman–Crippen LogP) is 1.79. The van der Waals surface area contributed by atoms with Crippen molar-refractivity contribution in [2.75, 3.05) is 19.7 Å². The van der Waals surface area contributed by atoms with Crippen LogP contribution in [0, 0.1) is 11.8 Å². The molecule has 0 radical (unpaired) electrons. The standard InChI is InChI=1S/C17H24N2O3/c20-17(18-15-1-2-15)14-7-13-9-19(5-3-16(13)22-11-14)8-12-4-6-21-10-12/h4,6,10,13-16H,1-3,5,7-9,11H2,(H,18,20)/t13-,14-,16+/m0/s1. The van der Waals surface area contributed by atoms with E-state index in [1.165, 1.54) is 5.56 Å². The second kappa shape index (κ2) is 6.05. The van der Waals surface area contributed by atoms with Crippen LogP contribution in [0.25, 0.3) is 0 Å². The lowest BCUT2D eigenvalue weighted by Crippen LogP contribution is -2.50. The second-order valence-corrected chi connectivity index (χ2v) is 7.00. The van der Waals surface area contributed by atoms with Gasteiger partial charge >= 0.3 is 0 Å². The molecule has 22 heavy (non-hydrogen) atoms. The number of piperidine rings is 1. The minimum atomic E-state index is 0.0377. The first kappa shape index (κ1) is 14.3. The summed E-state index contributed by atoms with van der Waals surface area (Å²) in [5, 5.41) is 3.12. The van der Waals surface area contributed by atoms with Crippen LogP contribution in [0.3, 0.4) is 0 Å². The first-order valence-corrected chi connectivity index (χ1v) is 8.43. The lowest BCUT2D eigenvalue weighted by molar-refractivity contribution is -0.139. The Morgan fingerprint density at radius 3 is 3.05 bits per heavy atom. The molecule has 1 aliphatic carbocycles. The summed E-state index contributed by atoms with van der Waals surface area (Å²) in [5.41, 5.74) is 1.22. The van der Waals surface area contributed by atoms with Gasteiger partial charge in [0, 0.05) is 31.2 Å². The van der Waals surface area contributed by atoms with Gasteiger partial charge < -0.3 is 14.5 Å². The summed E-state index contributed by atoms with van der Waals surface area (Å²) in [5.74, 6) is 0.716. The van der Waals surface area contributed by atoms with E-state index in [1.54, 1.807) is 6.26 Å². The normalized spacial score (nSPS) is 32.5. The Hall–Kier alpha value is -1.33. The number of hydrogen-bond acceptors (Lipinski definition) is 4. The molecule has 5 nitrogen and oxygen atoms in total. The summed E-state index contributed by atoms with van der Waals surface area (Å²) < 4.78 is 11.1. The minimum Gasteiger partial charge on any atom is -0.472 e. The molecular weight excluding hydrogens is 280 g/mol. The first-order valence-electron chi connectivity index (χ1n) is 8.43. The number of hydrogen-bond donors (Lipinski definition) is 1. The average Bonchev–Trinajstić information content (AvgIpc) is 3.20. The van der Waals surface area contributed by atoms with E-state index in [0.29, 0.717) is 24.7 Å². The fraction of sp³-hybridized carbons (Fsp3) is 0.706. The Balaban J connectivity index is 1.33. The molecule has 0 bridgehead atoms. The van der Waals surface area contributed by atoms with E-state index in [-0.39, 0.29) is 11.8 Å². The highest BCUT2D eigenvalue weighted by molar-refractivity contribution is 5.79. The van der Waals surface area contributed by atoms with Crippen molar-refractivity contribution in [3.63, 3.8) is 0 Å². The smallest absolute Gasteiger partial charge is 0.225 e. The number of nitrogens with one attached hydrogen (secondary N) is 1. The fourth-order valence-electron chi connectivity index (χ4n) is 3.72. The molecule has 1 aromatic rings. The summed E-state index contributed by atoms with van der Waals surface area (Å²) >= 11 is 0. The van der Waals surface area contributed by atoms with Crippen LogP contribution < -0.4 is 5.32 Å². The molecule has 1 amide bonds. The Labute approximate surface area is 131 Å². The Bertz CT molecular complexity index is 512. The number of likely N-dealkylation sites (tertiary alicyclic amines) is 1. The molecule has 0 aromatic carbocycles. The Kier molecular flexibility index (Phi) is 3.92. The minimum absolute atomic E-state index is 0.0377. The van der Waals surface area contributed by atoms with Crippen molar-refractivity contribution in [1.29, 1.82) is 0 Å². The zero-order chi connectivity index (χ0) is 14.9. The van der Waals surface area contributed by atoms with Gasteiger partial charge in [-0.05, 0) is 37.7 Å². The maximum Gasteiger partial charge on any atom is 0.225 e. The first-order chi connectivity index (χ1) is 10.8. The lowest BCUT2D eigenvalue weighted by Gasteiger charge is -2.43. The third-order valence-corrected chi connectivity index (χ3v) is 5.13. The van der Waals surface area contributed by atoms with Gasteiger partial charge in [-0.3, -0.25) is 9.69 Å². The molecule has 3 aliphatic rings. The molecule has 120 valence electrons. The van der Waals surface area contributed by atoms with Gasteiger partial charge in [-0.15, -0.1) is 0 Å². The maximum absolute atomic E-state index is 12.2. The summed E-state index contributed by atoms with van der Waals surface area (Å²) in [7, 11) is 0. The number of furan rings is 1. The van der Waals surface area contributed by atoms with E-state index < -0.39 is 0 Å². The number of carbonyl (C=O) groups excluding carboxylic acids is 1. The molecule has 1 N–H and O–H groups in total. The summed E-state index contributed by atoms with van der Waals surface area (Å²) in [4.78, 5) is 14.7. The highest BCUT2D eigenvalue weighted by Crippen LogP contribution is 2.32. The van der Waals surface area contributed by atoms with Crippen LogP contribution in [-0.2, 0) is 16.1 Å². The van der Waals surface area contributed by atoms with Gasteiger partial charge in [0.25, 0.3) is 0 Å². The van der Waals surface area contributed by atoms with Gasteiger partial charge in [0.05, 0.1) is 31.2 Å². The van der Waals surface area contributed by atoms with Gasteiger partial charge in [-0.1, -0.05) is 0 Å². The molecule has 1 aromatic heterocycles. The molecule has 2 aliphatic heterocycles. The van der Waals surface area contributed by atoms with Crippen molar-refractivity contribution in [2.45, 2.75) is 44.4 Å². The van der Waals surface area contributed by atoms with Crippen LogP contribution in [0.4, 0.5) is 0 Å². The van der Waals surface area contributed by atoms with Crippen LogP contribution in [0.5, 0.6) is 0 Å². The molecular formula is C17H24N2O3. The number of fused-ring (bicyclic) bond motifs is 1. The van der Waals surface area contributed by atoms with E-state index in [2.05, 4.69) is 10.2 Å². The molecule has 0 unspecified atom stereocenters. The van der Waals surface area contributed by atoms with Crippen molar-refractivity contribution in [1.82, 2.24) is 10.2 Å². The summed E-state index contributed by atoms with van der Waals surface area (Å²) in [6, 6.07) is 2.46. The Morgan fingerprint density at radius 1 is 1.36 bits per heavy atom. The number of amides is 1. The highest BCUT2D eigenvalue weighted by Gasteiger charge is 2.39. The second-order valence-electron chi connectivity index (χ2n) is 7.00. The molecule has 0 spiro atoms. The summed E-state index contributed by atoms with van der Waals surface area (Å²) in [6.45, 7) is 3.61. The van der Waals surface area contributed by atoms with E-state index >= 15 is 0 Å². The van der Waals surface area contributed by atoms with Crippen LogP contribution in [-0.4, -0.2) is 42.6 Å². The highest BCUT2D eigenvalue weighted by atomic mass is 16.5. The predicted molar refractivity (Wildman–Crippen MR) is 81.1 cm³/mol. The molecule has 3 fully saturated rings. The quantitative estimate of drug-likeness (QED) is 0.921. The van der Waals surface area contributed by atoms with Gasteiger partial charge in [-0.25, -0.2) is 0 Å². The van der Waals surface area contributed by atoms with Crippen LogP contribution in [0.15, 0.2) is 23.0 Å². The number of ether oxygens (including phenoxy) is 1. The molecule has 3 heterocycles. The van der Waals surface area contributed by atoms with Crippen LogP contribution in [0.1, 0.15) is 31.2 Å². The molecule has 5 heteroatoms. The largest absolute Gasteiger partial charge is 0.472 e. The van der Waals surface area contributed by atoms with Crippen molar-refractivity contribution in [3.05, 3.63) is 24.2 Å². The van der Waals surface area contributed by atoms with E-state index in [4.69, 9.17) is 9.15 Å². The third kappa shape index (κ3) is 3.20. The van der Waals surface area contributed by atoms with Gasteiger partial charge in [0.15, 0.2) is 0 Å². The number of rotatable bonds is 4. The molecule has 4 rings (SSSR count). The van der Waals surface area contributed by atoms with E-state index in [0.717, 1.165) is 45.3 Å². The zero-order valence-corrected chi connectivity index (χ0v) is 12.9. The molecule has 2 saturated heterocycles. The number of carbonyl (C=O) groups is 1. The average molecular weight is 304 g/mol. The van der Waals surface area contributed by atoms with Gasteiger partial charge in [0.1, 0.15) is 0 Å². The van der Waals surface area contributed by atoms with Crippen molar-refractivity contribution >= 4 is 5.91 Å². The van der Waals surface area contributed by atoms with E-state index in [1.807, 2.05) is 12.3 Å². The molecule has 1 saturated carbocycles. The van der Waals surface area contributed by atoms with E-state index in [9.17, 15) is 4.79 Å². The fourth-order valence-corrected chi connectivity index (χ4v) is 3.72. The van der Waals surface area contributed by atoms with Gasteiger partial charge in [-0.2, -0.15) is 0 Å². The SMILES string of the molecule is O=C(NC1CC1)[C@@H]1CO[C@@H]2CCN(Cc3ccoc3)C[C@@H]2C1. The summed E-state index contributed by atoms with van der Waals surface area (Å²) in [6.07, 6.45) is 8.20. The van der Waals surface area contributed by atoms with Gasteiger partial charge in [0.2, 0.25) is 5.91 Å². The Morgan fingerprint density at radius 2 is 2.27 bits per heavy atom. The lowest BCUT2D eigenvalue weighted by atomic mass is 9.83. The van der Waals surface area contributed by atoms with Crippen LogP contribution in [0.2, 0.25) is 0 Å². The van der Waals surface area contributed by atoms with Crippen LogP contribution >= 0.6 is 0 Å². The monoisotopic (exact) mass is 304 g/mol. The van der Waals surface area contributed by atoms with Crippen molar-refractivity contribution in [2.24, 2.45) is 11.8 Å². The topological polar surface area (TPSA) is 54.7 Å². The third-order valence-electron chi connectivity index (χ3n) is 5.13.